The van der Waals surface area contributed by atoms with Gasteiger partial charge in [-0.05, 0) is 43.0 Å². The van der Waals surface area contributed by atoms with Crippen molar-refractivity contribution in [3.05, 3.63) is 69.7 Å². The van der Waals surface area contributed by atoms with Gasteiger partial charge >= 0.3 is 0 Å². The second-order valence-corrected chi connectivity index (χ2v) is 7.39. The average Bonchev–Trinajstić information content (AvgIpc) is 2.69. The van der Waals surface area contributed by atoms with Crippen LogP contribution in [0.2, 0.25) is 10.0 Å². The van der Waals surface area contributed by atoms with Crippen molar-refractivity contribution in [3.8, 4) is 0 Å². The number of nitrogens with zero attached hydrogens (tertiary/aromatic N) is 1. The van der Waals surface area contributed by atoms with Gasteiger partial charge in [-0.2, -0.15) is 0 Å². The molecule has 0 spiro atoms. The zero-order chi connectivity index (χ0) is 20.5. The highest BCUT2D eigenvalue weighted by Crippen LogP contribution is 2.24. The molecule has 4 nitrogen and oxygen atoms in total. The number of rotatable bonds is 9. The van der Waals surface area contributed by atoms with Crippen molar-refractivity contribution in [1.82, 2.24) is 10.2 Å². The maximum atomic E-state index is 13.1. The molecule has 0 bridgehead atoms. The second-order valence-electron chi connectivity index (χ2n) is 6.57. The fourth-order valence-electron chi connectivity index (χ4n) is 3.09. The molecule has 0 radical (unpaired) electrons. The standard InChI is InChI=1S/C22H26Cl2N2O2/c1-3-20(22(28)25-4-2)26(15-17-10-12-18(23)19(24)14-17)21(27)13-11-16-8-6-5-7-9-16/h5-10,12,14,20H,3-4,11,13,15H2,1-2H3,(H,25,28). The Morgan fingerprint density at radius 3 is 2.32 bits per heavy atom. The molecular formula is C22H26Cl2N2O2. The van der Waals surface area contributed by atoms with Crippen LogP contribution < -0.4 is 5.32 Å². The highest BCUT2D eigenvalue weighted by molar-refractivity contribution is 6.42. The smallest absolute Gasteiger partial charge is 0.242 e. The number of halogens is 2. The van der Waals surface area contributed by atoms with E-state index in [1.54, 1.807) is 17.0 Å². The van der Waals surface area contributed by atoms with Crippen LogP contribution in [-0.4, -0.2) is 29.3 Å². The molecule has 0 saturated heterocycles. The van der Waals surface area contributed by atoms with Gasteiger partial charge in [0.2, 0.25) is 11.8 Å². The lowest BCUT2D eigenvalue weighted by Crippen LogP contribution is -2.49. The summed E-state index contributed by atoms with van der Waals surface area (Å²) in [5.41, 5.74) is 1.93. The summed E-state index contributed by atoms with van der Waals surface area (Å²) in [5, 5.41) is 3.73. The van der Waals surface area contributed by atoms with E-state index in [0.29, 0.717) is 42.4 Å². The van der Waals surface area contributed by atoms with Crippen molar-refractivity contribution in [1.29, 1.82) is 0 Å². The van der Waals surface area contributed by atoms with Gasteiger partial charge in [0.1, 0.15) is 6.04 Å². The van der Waals surface area contributed by atoms with E-state index in [9.17, 15) is 9.59 Å². The Hall–Kier alpha value is -2.04. The van der Waals surface area contributed by atoms with Gasteiger partial charge in [-0.3, -0.25) is 9.59 Å². The first-order chi connectivity index (χ1) is 13.5. The van der Waals surface area contributed by atoms with E-state index in [1.165, 1.54) is 0 Å². The van der Waals surface area contributed by atoms with Gasteiger partial charge < -0.3 is 10.2 Å². The molecule has 0 saturated carbocycles. The van der Waals surface area contributed by atoms with E-state index in [1.807, 2.05) is 50.2 Å². The number of hydrogen-bond donors (Lipinski definition) is 1. The van der Waals surface area contributed by atoms with Crippen molar-refractivity contribution in [2.45, 2.75) is 45.7 Å². The Morgan fingerprint density at radius 1 is 1.00 bits per heavy atom. The highest BCUT2D eigenvalue weighted by Gasteiger charge is 2.28. The molecule has 0 heterocycles. The maximum absolute atomic E-state index is 13.1. The number of benzene rings is 2. The van der Waals surface area contributed by atoms with E-state index in [0.717, 1.165) is 11.1 Å². The fraction of sp³-hybridized carbons (Fsp3) is 0.364. The lowest BCUT2D eigenvalue weighted by atomic mass is 10.1. The second kappa shape index (κ2) is 11.1. The molecule has 1 N–H and O–H groups in total. The summed E-state index contributed by atoms with van der Waals surface area (Å²) in [6.45, 7) is 4.60. The normalized spacial score (nSPS) is 11.7. The number of nitrogens with one attached hydrogen (secondary N) is 1. The molecular weight excluding hydrogens is 395 g/mol. The summed E-state index contributed by atoms with van der Waals surface area (Å²) in [7, 11) is 0. The molecule has 0 aliphatic carbocycles. The fourth-order valence-corrected chi connectivity index (χ4v) is 3.41. The third kappa shape index (κ3) is 6.25. The van der Waals surface area contributed by atoms with Crippen molar-refractivity contribution >= 4 is 35.0 Å². The van der Waals surface area contributed by atoms with Crippen molar-refractivity contribution < 1.29 is 9.59 Å². The third-order valence-electron chi connectivity index (χ3n) is 4.54. The molecule has 28 heavy (non-hydrogen) atoms. The topological polar surface area (TPSA) is 49.4 Å². The number of carbonyl (C=O) groups excluding carboxylic acids is 2. The molecule has 0 fully saturated rings. The monoisotopic (exact) mass is 420 g/mol. The van der Waals surface area contributed by atoms with Crippen LogP contribution >= 0.6 is 23.2 Å². The molecule has 6 heteroatoms. The predicted octanol–water partition coefficient (Wildman–Crippen LogP) is 4.87. The van der Waals surface area contributed by atoms with Crippen LogP contribution in [0.15, 0.2) is 48.5 Å². The zero-order valence-electron chi connectivity index (χ0n) is 16.3. The van der Waals surface area contributed by atoms with Gasteiger partial charge in [0.05, 0.1) is 10.0 Å². The van der Waals surface area contributed by atoms with E-state index in [-0.39, 0.29) is 11.8 Å². The predicted molar refractivity (Wildman–Crippen MR) is 115 cm³/mol. The molecule has 150 valence electrons. The van der Waals surface area contributed by atoms with Crippen LogP contribution in [0.25, 0.3) is 0 Å². The van der Waals surface area contributed by atoms with E-state index in [2.05, 4.69) is 5.32 Å². The lowest BCUT2D eigenvalue weighted by Gasteiger charge is -2.30. The molecule has 2 aromatic rings. The molecule has 0 aromatic heterocycles. The number of carbonyl (C=O) groups is 2. The highest BCUT2D eigenvalue weighted by atomic mass is 35.5. The van der Waals surface area contributed by atoms with E-state index < -0.39 is 6.04 Å². The summed E-state index contributed by atoms with van der Waals surface area (Å²) >= 11 is 12.1. The Morgan fingerprint density at radius 2 is 1.71 bits per heavy atom. The van der Waals surface area contributed by atoms with Crippen molar-refractivity contribution in [2.24, 2.45) is 0 Å². The number of hydrogen-bond acceptors (Lipinski definition) is 2. The van der Waals surface area contributed by atoms with Crippen LogP contribution in [0.3, 0.4) is 0 Å². The lowest BCUT2D eigenvalue weighted by molar-refractivity contribution is -0.141. The third-order valence-corrected chi connectivity index (χ3v) is 5.28. The van der Waals surface area contributed by atoms with Crippen LogP contribution in [0, 0.1) is 0 Å². The molecule has 1 unspecified atom stereocenters. The quantitative estimate of drug-likeness (QED) is 0.628. The van der Waals surface area contributed by atoms with Gasteiger partial charge in [0.25, 0.3) is 0 Å². The van der Waals surface area contributed by atoms with Gasteiger partial charge in [0.15, 0.2) is 0 Å². The number of amides is 2. The van der Waals surface area contributed by atoms with Crippen LogP contribution in [0.1, 0.15) is 37.8 Å². The van der Waals surface area contributed by atoms with Crippen LogP contribution in [0.5, 0.6) is 0 Å². The van der Waals surface area contributed by atoms with Gasteiger partial charge in [-0.25, -0.2) is 0 Å². The largest absolute Gasteiger partial charge is 0.355 e. The number of aryl methyl sites for hydroxylation is 1. The molecule has 0 aliphatic heterocycles. The SMILES string of the molecule is CCNC(=O)C(CC)N(Cc1ccc(Cl)c(Cl)c1)C(=O)CCc1ccccc1. The summed E-state index contributed by atoms with van der Waals surface area (Å²) < 4.78 is 0. The summed E-state index contributed by atoms with van der Waals surface area (Å²) in [6, 6.07) is 14.6. The minimum absolute atomic E-state index is 0.0620. The minimum Gasteiger partial charge on any atom is -0.355 e. The Balaban J connectivity index is 2.21. The van der Waals surface area contributed by atoms with Crippen molar-refractivity contribution in [2.75, 3.05) is 6.54 Å². The summed E-state index contributed by atoms with van der Waals surface area (Å²) in [4.78, 5) is 27.3. The first kappa shape index (κ1) is 22.3. The van der Waals surface area contributed by atoms with Crippen molar-refractivity contribution in [3.63, 3.8) is 0 Å². The zero-order valence-corrected chi connectivity index (χ0v) is 17.8. The van der Waals surface area contributed by atoms with Gasteiger partial charge in [-0.1, -0.05) is 66.5 Å². The van der Waals surface area contributed by atoms with Crippen LogP contribution in [-0.2, 0) is 22.6 Å². The molecule has 2 amide bonds. The Labute approximate surface area is 176 Å². The first-order valence-electron chi connectivity index (χ1n) is 9.51. The minimum atomic E-state index is -0.530. The number of likely N-dealkylation sites (N-methyl/N-ethyl adjacent to an activating group) is 1. The Bertz CT molecular complexity index is 796. The van der Waals surface area contributed by atoms with Crippen LogP contribution in [0.4, 0.5) is 0 Å². The first-order valence-corrected chi connectivity index (χ1v) is 10.3. The molecule has 2 rings (SSSR count). The Kier molecular flexibility index (Phi) is 8.81. The summed E-state index contributed by atoms with van der Waals surface area (Å²) in [6.07, 6.45) is 1.49. The molecule has 2 aromatic carbocycles. The average molecular weight is 421 g/mol. The maximum Gasteiger partial charge on any atom is 0.242 e. The van der Waals surface area contributed by atoms with E-state index in [4.69, 9.17) is 23.2 Å². The molecule has 1 atom stereocenters. The molecule has 0 aliphatic rings. The summed E-state index contributed by atoms with van der Waals surface area (Å²) in [5.74, 6) is -0.203. The van der Waals surface area contributed by atoms with Gasteiger partial charge in [-0.15, -0.1) is 0 Å². The van der Waals surface area contributed by atoms with E-state index >= 15 is 0 Å². The van der Waals surface area contributed by atoms with Gasteiger partial charge in [0, 0.05) is 19.5 Å².